The predicted molar refractivity (Wildman–Crippen MR) is 78.4 cm³/mol. The fourth-order valence-corrected chi connectivity index (χ4v) is 2.48. The number of thioether (sulfide) groups is 1. The van der Waals surface area contributed by atoms with Gasteiger partial charge in [0.2, 0.25) is 0 Å². The molecule has 1 rings (SSSR count). The van der Waals surface area contributed by atoms with Crippen LogP contribution in [0.1, 0.15) is 55.4 Å². The number of amides is 2. The first-order chi connectivity index (χ1) is 8.02. The maximum absolute atomic E-state index is 12.1. The zero-order valence-corrected chi connectivity index (χ0v) is 13.6. The Balaban J connectivity index is 0.00000137. The molecule has 0 radical (unpaired) electrons. The first kappa shape index (κ1) is 17.2. The normalized spacial score (nSPS) is 16.4. The van der Waals surface area contributed by atoms with Gasteiger partial charge in [0.1, 0.15) is 0 Å². The summed E-state index contributed by atoms with van der Waals surface area (Å²) in [5.74, 6) is -0.373. The molecule has 0 aromatic heterocycles. The fourth-order valence-electron chi connectivity index (χ4n) is 1.49. The molecule has 0 N–H and O–H groups in total. The van der Waals surface area contributed by atoms with Gasteiger partial charge in [-0.15, -0.1) is 11.8 Å². The molecule has 3 nitrogen and oxygen atoms in total. The average Bonchev–Trinajstić information content (AvgIpc) is 2.41. The van der Waals surface area contributed by atoms with Crippen molar-refractivity contribution in [2.45, 2.75) is 65.7 Å². The highest BCUT2D eigenvalue weighted by molar-refractivity contribution is 8.05. The Hall–Kier alpha value is -0.770. The molecule has 4 heteroatoms. The highest BCUT2D eigenvalue weighted by Crippen LogP contribution is 2.36. The molecule has 0 aliphatic carbocycles. The van der Waals surface area contributed by atoms with E-state index in [2.05, 4.69) is 0 Å². The van der Waals surface area contributed by atoms with Crippen LogP contribution in [0, 0.1) is 0 Å². The Morgan fingerprint density at radius 2 is 1.44 bits per heavy atom. The average molecular weight is 271 g/mol. The highest BCUT2D eigenvalue weighted by atomic mass is 32.2. The molecule has 1 aliphatic heterocycles. The van der Waals surface area contributed by atoms with Gasteiger partial charge in [-0.2, -0.15) is 0 Å². The van der Waals surface area contributed by atoms with E-state index in [-0.39, 0.29) is 16.6 Å². The van der Waals surface area contributed by atoms with Gasteiger partial charge in [-0.05, 0) is 20.8 Å². The van der Waals surface area contributed by atoms with Gasteiger partial charge in [-0.3, -0.25) is 14.5 Å². The largest absolute Gasteiger partial charge is 0.269 e. The maximum Gasteiger partial charge on any atom is 0.267 e. The number of imide groups is 1. The van der Waals surface area contributed by atoms with Crippen LogP contribution < -0.4 is 0 Å². The molecule has 0 atom stereocenters. The lowest BCUT2D eigenvalue weighted by Gasteiger charge is -2.30. The Bertz CT molecular complexity index is 359. The summed E-state index contributed by atoms with van der Waals surface area (Å²) >= 11 is 1.45. The van der Waals surface area contributed by atoms with Crippen molar-refractivity contribution in [1.29, 1.82) is 0 Å². The number of hydrogen-bond acceptors (Lipinski definition) is 3. The van der Waals surface area contributed by atoms with Crippen LogP contribution in [0.15, 0.2) is 11.0 Å². The molecule has 0 saturated heterocycles. The van der Waals surface area contributed by atoms with Gasteiger partial charge in [-0.25, -0.2) is 0 Å². The third-order valence-corrected chi connectivity index (χ3v) is 3.10. The molecule has 0 unspecified atom stereocenters. The number of nitrogens with zero attached hydrogens (tertiary/aromatic N) is 1. The Kier molecular flexibility index (Phi) is 5.66. The van der Waals surface area contributed by atoms with E-state index in [1.807, 2.05) is 55.4 Å². The van der Waals surface area contributed by atoms with Crippen LogP contribution in [-0.2, 0) is 9.59 Å². The Morgan fingerprint density at radius 3 is 1.72 bits per heavy atom. The minimum absolute atomic E-state index is 0.0599. The summed E-state index contributed by atoms with van der Waals surface area (Å²) in [5, 5.41) is 0. The second kappa shape index (κ2) is 5.91. The zero-order valence-electron chi connectivity index (χ0n) is 12.7. The SMILES string of the molecule is CC.CC(C)(C)SC1=CC(=O)N(C(C)(C)C)C1=O. The van der Waals surface area contributed by atoms with Crippen LogP contribution in [0.5, 0.6) is 0 Å². The van der Waals surface area contributed by atoms with Crippen LogP contribution in [0.4, 0.5) is 0 Å². The van der Waals surface area contributed by atoms with E-state index < -0.39 is 5.54 Å². The molecular weight excluding hydrogens is 246 g/mol. The summed E-state index contributed by atoms with van der Waals surface area (Å²) in [6.07, 6.45) is 1.45. The predicted octanol–water partition coefficient (Wildman–Crippen LogP) is 3.60. The van der Waals surface area contributed by atoms with Crippen molar-refractivity contribution < 1.29 is 9.59 Å². The lowest BCUT2D eigenvalue weighted by molar-refractivity contribution is -0.142. The van der Waals surface area contributed by atoms with E-state index in [1.165, 1.54) is 22.7 Å². The fraction of sp³-hybridized carbons (Fsp3) is 0.714. The van der Waals surface area contributed by atoms with Crippen LogP contribution in [0.25, 0.3) is 0 Å². The lowest BCUT2D eigenvalue weighted by atomic mass is 10.1. The third kappa shape index (κ3) is 4.48. The van der Waals surface area contributed by atoms with Crippen molar-refractivity contribution in [3.63, 3.8) is 0 Å². The summed E-state index contributed by atoms with van der Waals surface area (Å²) in [7, 11) is 0. The van der Waals surface area contributed by atoms with Crippen molar-refractivity contribution >= 4 is 23.6 Å². The van der Waals surface area contributed by atoms with Gasteiger partial charge in [0, 0.05) is 16.4 Å². The molecule has 2 amide bonds. The van der Waals surface area contributed by atoms with Crippen molar-refractivity contribution in [2.24, 2.45) is 0 Å². The molecule has 104 valence electrons. The van der Waals surface area contributed by atoms with Gasteiger partial charge in [0.15, 0.2) is 0 Å². The zero-order chi connectivity index (χ0) is 14.7. The first-order valence-corrected chi connectivity index (χ1v) is 7.13. The van der Waals surface area contributed by atoms with Crippen LogP contribution in [0.2, 0.25) is 0 Å². The molecule has 0 aromatic rings. The van der Waals surface area contributed by atoms with Gasteiger partial charge >= 0.3 is 0 Å². The molecule has 0 bridgehead atoms. The van der Waals surface area contributed by atoms with E-state index in [0.29, 0.717) is 4.91 Å². The summed E-state index contributed by atoms with van der Waals surface area (Å²) in [6, 6.07) is 0. The smallest absolute Gasteiger partial charge is 0.267 e. The number of carbonyl (C=O) groups excluding carboxylic acids is 2. The molecule has 1 aliphatic rings. The van der Waals surface area contributed by atoms with E-state index >= 15 is 0 Å². The molecule has 0 spiro atoms. The van der Waals surface area contributed by atoms with Crippen molar-refractivity contribution in [2.75, 3.05) is 0 Å². The second-order valence-electron chi connectivity index (χ2n) is 5.87. The summed E-state index contributed by atoms with van der Waals surface area (Å²) < 4.78 is -0.0599. The van der Waals surface area contributed by atoms with E-state index in [1.54, 1.807) is 0 Å². The molecular formula is C14H25NO2S. The van der Waals surface area contributed by atoms with E-state index in [0.717, 1.165) is 0 Å². The molecule has 0 aromatic carbocycles. The van der Waals surface area contributed by atoms with Crippen LogP contribution >= 0.6 is 11.8 Å². The lowest BCUT2D eigenvalue weighted by Crippen LogP contribution is -2.45. The summed E-state index contributed by atoms with van der Waals surface area (Å²) in [5.41, 5.74) is -0.454. The standard InChI is InChI=1S/C12H19NO2S.C2H6/c1-11(2,3)13-9(14)7-8(10(13)15)16-12(4,5)6;1-2/h7H,1-6H3;1-2H3. The van der Waals surface area contributed by atoms with Gasteiger partial charge < -0.3 is 0 Å². The third-order valence-electron chi connectivity index (χ3n) is 1.98. The number of rotatable bonds is 1. The summed E-state index contributed by atoms with van der Waals surface area (Å²) in [6.45, 7) is 15.7. The topological polar surface area (TPSA) is 37.4 Å². The quantitative estimate of drug-likeness (QED) is 0.684. The minimum atomic E-state index is -0.454. The van der Waals surface area contributed by atoms with Crippen molar-refractivity contribution in [1.82, 2.24) is 4.90 Å². The van der Waals surface area contributed by atoms with E-state index in [9.17, 15) is 9.59 Å². The Morgan fingerprint density at radius 1 is 1.00 bits per heavy atom. The second-order valence-corrected chi connectivity index (χ2v) is 7.74. The van der Waals surface area contributed by atoms with E-state index in [4.69, 9.17) is 0 Å². The maximum atomic E-state index is 12.1. The number of hydrogen-bond donors (Lipinski definition) is 0. The molecule has 18 heavy (non-hydrogen) atoms. The van der Waals surface area contributed by atoms with Gasteiger partial charge in [-0.1, -0.05) is 34.6 Å². The minimum Gasteiger partial charge on any atom is -0.269 e. The first-order valence-electron chi connectivity index (χ1n) is 6.31. The summed E-state index contributed by atoms with van der Waals surface area (Å²) in [4.78, 5) is 25.7. The van der Waals surface area contributed by atoms with Crippen molar-refractivity contribution in [3.8, 4) is 0 Å². The van der Waals surface area contributed by atoms with Crippen LogP contribution in [-0.4, -0.2) is 27.0 Å². The number of carbonyl (C=O) groups is 2. The monoisotopic (exact) mass is 271 g/mol. The highest BCUT2D eigenvalue weighted by Gasteiger charge is 2.39. The van der Waals surface area contributed by atoms with Gasteiger partial charge in [0.25, 0.3) is 11.8 Å². The molecule has 1 heterocycles. The van der Waals surface area contributed by atoms with Crippen LogP contribution in [0.3, 0.4) is 0 Å². The Labute approximate surface area is 115 Å². The molecule has 0 saturated carbocycles. The van der Waals surface area contributed by atoms with Gasteiger partial charge in [0.05, 0.1) is 4.91 Å². The van der Waals surface area contributed by atoms with Crippen molar-refractivity contribution in [3.05, 3.63) is 11.0 Å². The molecule has 0 fully saturated rings.